The van der Waals surface area contributed by atoms with Gasteiger partial charge in [0.1, 0.15) is 5.69 Å². The second-order valence-corrected chi connectivity index (χ2v) is 7.04. The molecule has 1 aromatic rings. The SMILES string of the molecule is CC(C)c1cc(C(=O)N2CCC(NC(=O)C3CC(N)C3)C2)n[nH]1. The van der Waals surface area contributed by atoms with E-state index in [0.717, 1.165) is 25.0 Å². The Balaban J connectivity index is 1.52. The van der Waals surface area contributed by atoms with Gasteiger partial charge in [-0.2, -0.15) is 5.10 Å². The zero-order valence-corrected chi connectivity index (χ0v) is 13.7. The molecule has 1 atom stereocenters. The number of aromatic amines is 1. The highest BCUT2D eigenvalue weighted by Crippen LogP contribution is 2.26. The Morgan fingerprint density at radius 1 is 1.43 bits per heavy atom. The van der Waals surface area contributed by atoms with E-state index in [9.17, 15) is 9.59 Å². The lowest BCUT2D eigenvalue weighted by molar-refractivity contribution is -0.128. The Morgan fingerprint density at radius 3 is 2.78 bits per heavy atom. The van der Waals surface area contributed by atoms with Crippen LogP contribution in [0, 0.1) is 5.92 Å². The molecule has 2 aliphatic rings. The molecule has 0 bridgehead atoms. The fraction of sp³-hybridized carbons (Fsp3) is 0.688. The zero-order chi connectivity index (χ0) is 16.6. The molecule has 1 aliphatic heterocycles. The van der Waals surface area contributed by atoms with Gasteiger partial charge in [0, 0.05) is 36.8 Å². The second kappa shape index (κ2) is 6.31. The predicted molar refractivity (Wildman–Crippen MR) is 85.8 cm³/mol. The quantitative estimate of drug-likeness (QED) is 0.756. The molecule has 0 spiro atoms. The van der Waals surface area contributed by atoms with Crippen molar-refractivity contribution in [1.29, 1.82) is 0 Å². The van der Waals surface area contributed by atoms with Crippen LogP contribution >= 0.6 is 0 Å². The molecular weight excluding hydrogens is 294 g/mol. The number of carbonyl (C=O) groups is 2. The van der Waals surface area contributed by atoms with E-state index in [4.69, 9.17) is 5.73 Å². The molecule has 0 radical (unpaired) electrons. The zero-order valence-electron chi connectivity index (χ0n) is 13.7. The van der Waals surface area contributed by atoms with E-state index in [-0.39, 0.29) is 29.8 Å². The summed E-state index contributed by atoms with van der Waals surface area (Å²) in [5.74, 6) is 0.363. The minimum Gasteiger partial charge on any atom is -0.351 e. The van der Waals surface area contributed by atoms with Gasteiger partial charge < -0.3 is 16.0 Å². The molecule has 2 amide bonds. The summed E-state index contributed by atoms with van der Waals surface area (Å²) < 4.78 is 0. The van der Waals surface area contributed by atoms with Gasteiger partial charge in [-0.25, -0.2) is 0 Å². The fourth-order valence-electron chi connectivity index (χ4n) is 3.16. The van der Waals surface area contributed by atoms with Crippen LogP contribution in [-0.4, -0.2) is 52.1 Å². The normalized spacial score (nSPS) is 27.1. The molecule has 23 heavy (non-hydrogen) atoms. The van der Waals surface area contributed by atoms with Gasteiger partial charge in [-0.3, -0.25) is 14.7 Å². The maximum Gasteiger partial charge on any atom is 0.274 e. The first-order valence-electron chi connectivity index (χ1n) is 8.34. The van der Waals surface area contributed by atoms with Crippen molar-refractivity contribution in [1.82, 2.24) is 20.4 Å². The molecule has 0 aromatic carbocycles. The van der Waals surface area contributed by atoms with Crippen LogP contribution in [0.15, 0.2) is 6.07 Å². The largest absolute Gasteiger partial charge is 0.351 e. The first kappa shape index (κ1) is 16.0. The molecule has 2 heterocycles. The van der Waals surface area contributed by atoms with E-state index < -0.39 is 0 Å². The van der Waals surface area contributed by atoms with Gasteiger partial charge in [-0.1, -0.05) is 13.8 Å². The van der Waals surface area contributed by atoms with Gasteiger partial charge in [-0.15, -0.1) is 0 Å². The number of nitrogens with two attached hydrogens (primary N) is 1. The van der Waals surface area contributed by atoms with Crippen molar-refractivity contribution in [2.24, 2.45) is 11.7 Å². The van der Waals surface area contributed by atoms with E-state index >= 15 is 0 Å². The third kappa shape index (κ3) is 3.39. The van der Waals surface area contributed by atoms with Gasteiger partial charge in [0.15, 0.2) is 0 Å². The van der Waals surface area contributed by atoms with Crippen molar-refractivity contribution in [3.8, 4) is 0 Å². The Bertz CT molecular complexity index is 591. The average Bonchev–Trinajstić information content (AvgIpc) is 3.12. The summed E-state index contributed by atoms with van der Waals surface area (Å²) >= 11 is 0. The minimum atomic E-state index is -0.0736. The first-order valence-corrected chi connectivity index (χ1v) is 8.34. The number of H-pyrrole nitrogens is 1. The standard InChI is InChI=1S/C16H25N5O2/c1-9(2)13-7-14(20-19-13)16(23)21-4-3-12(8-21)18-15(22)10-5-11(17)6-10/h7,9-12H,3-6,8,17H2,1-2H3,(H,18,22)(H,19,20). The van der Waals surface area contributed by atoms with Crippen LogP contribution in [0.1, 0.15) is 55.2 Å². The third-order valence-corrected chi connectivity index (χ3v) is 4.81. The molecule has 1 saturated carbocycles. The number of hydrogen-bond acceptors (Lipinski definition) is 4. The van der Waals surface area contributed by atoms with Gasteiger partial charge >= 0.3 is 0 Å². The van der Waals surface area contributed by atoms with Crippen molar-refractivity contribution >= 4 is 11.8 Å². The van der Waals surface area contributed by atoms with Crippen molar-refractivity contribution in [2.75, 3.05) is 13.1 Å². The smallest absolute Gasteiger partial charge is 0.274 e. The lowest BCUT2D eigenvalue weighted by atomic mass is 9.80. The summed E-state index contributed by atoms with van der Waals surface area (Å²) in [5.41, 5.74) is 7.13. The Labute approximate surface area is 136 Å². The van der Waals surface area contributed by atoms with Gasteiger partial charge in [0.25, 0.3) is 5.91 Å². The number of amides is 2. The van der Waals surface area contributed by atoms with Crippen LogP contribution in [0.5, 0.6) is 0 Å². The molecule has 1 aliphatic carbocycles. The van der Waals surface area contributed by atoms with Crippen molar-refractivity contribution in [3.63, 3.8) is 0 Å². The van der Waals surface area contributed by atoms with Crippen molar-refractivity contribution in [2.45, 2.75) is 51.1 Å². The van der Waals surface area contributed by atoms with E-state index in [0.29, 0.717) is 24.7 Å². The average molecular weight is 319 g/mol. The lowest BCUT2D eigenvalue weighted by Crippen LogP contribution is -2.48. The molecule has 4 N–H and O–H groups in total. The fourth-order valence-corrected chi connectivity index (χ4v) is 3.16. The number of nitrogens with zero attached hydrogens (tertiary/aromatic N) is 2. The molecule has 3 rings (SSSR count). The van der Waals surface area contributed by atoms with E-state index in [1.807, 2.05) is 6.07 Å². The van der Waals surface area contributed by atoms with Crippen LogP contribution in [0.25, 0.3) is 0 Å². The number of aromatic nitrogens is 2. The molecule has 7 heteroatoms. The molecular formula is C16H25N5O2. The first-order chi connectivity index (χ1) is 10.9. The number of nitrogens with one attached hydrogen (secondary N) is 2. The Morgan fingerprint density at radius 2 is 2.17 bits per heavy atom. The topological polar surface area (TPSA) is 104 Å². The lowest BCUT2D eigenvalue weighted by Gasteiger charge is -2.32. The van der Waals surface area contributed by atoms with Crippen molar-refractivity contribution < 1.29 is 9.59 Å². The predicted octanol–water partition coefficient (Wildman–Crippen LogP) is 0.601. The van der Waals surface area contributed by atoms with Gasteiger partial charge in [0.05, 0.1) is 0 Å². The summed E-state index contributed by atoms with van der Waals surface area (Å²) in [4.78, 5) is 26.3. The van der Waals surface area contributed by atoms with E-state index in [1.54, 1.807) is 4.90 Å². The van der Waals surface area contributed by atoms with E-state index in [2.05, 4.69) is 29.4 Å². The van der Waals surface area contributed by atoms with Crippen LogP contribution in [0.3, 0.4) is 0 Å². The third-order valence-electron chi connectivity index (χ3n) is 4.81. The number of hydrogen-bond donors (Lipinski definition) is 3. The summed E-state index contributed by atoms with van der Waals surface area (Å²) in [6, 6.07) is 2.02. The highest BCUT2D eigenvalue weighted by molar-refractivity contribution is 5.92. The van der Waals surface area contributed by atoms with Crippen LogP contribution < -0.4 is 11.1 Å². The van der Waals surface area contributed by atoms with Crippen LogP contribution in [0.4, 0.5) is 0 Å². The highest BCUT2D eigenvalue weighted by atomic mass is 16.2. The molecule has 1 unspecified atom stereocenters. The van der Waals surface area contributed by atoms with Crippen LogP contribution in [0.2, 0.25) is 0 Å². The Kier molecular flexibility index (Phi) is 4.39. The van der Waals surface area contributed by atoms with Crippen molar-refractivity contribution in [3.05, 3.63) is 17.5 Å². The summed E-state index contributed by atoms with van der Waals surface area (Å²) in [6.45, 7) is 5.30. The number of rotatable bonds is 4. The molecule has 1 saturated heterocycles. The molecule has 7 nitrogen and oxygen atoms in total. The maximum atomic E-state index is 12.5. The summed E-state index contributed by atoms with van der Waals surface area (Å²) in [5, 5.41) is 10.1. The molecule has 1 aromatic heterocycles. The van der Waals surface area contributed by atoms with E-state index in [1.165, 1.54) is 0 Å². The monoisotopic (exact) mass is 319 g/mol. The second-order valence-electron chi connectivity index (χ2n) is 7.04. The molecule has 126 valence electrons. The van der Waals surface area contributed by atoms with Gasteiger partial charge in [-0.05, 0) is 31.2 Å². The highest BCUT2D eigenvalue weighted by Gasteiger charge is 2.35. The summed E-state index contributed by atoms with van der Waals surface area (Å²) in [7, 11) is 0. The van der Waals surface area contributed by atoms with Crippen LogP contribution in [-0.2, 0) is 4.79 Å². The molecule has 2 fully saturated rings. The minimum absolute atomic E-state index is 0.0341. The van der Waals surface area contributed by atoms with Gasteiger partial charge in [0.2, 0.25) is 5.91 Å². The number of carbonyl (C=O) groups excluding carboxylic acids is 2. The summed E-state index contributed by atoms with van der Waals surface area (Å²) in [6.07, 6.45) is 2.33. The number of likely N-dealkylation sites (tertiary alicyclic amines) is 1. The Hall–Kier alpha value is -1.89. The maximum absolute atomic E-state index is 12.5.